The molecule has 0 bridgehead atoms. The van der Waals surface area contributed by atoms with E-state index in [0.29, 0.717) is 16.7 Å². The Kier molecular flexibility index (Phi) is 4.88. The van der Waals surface area contributed by atoms with Gasteiger partial charge in [-0.3, -0.25) is 11.3 Å². The second-order valence-corrected chi connectivity index (χ2v) is 4.83. The Balaban J connectivity index is 2.34. The number of hydrogen-bond donors (Lipinski definition) is 2. The minimum atomic E-state index is -0.522. The Labute approximate surface area is 122 Å². The summed E-state index contributed by atoms with van der Waals surface area (Å²) in [6.07, 6.45) is 0.222. The molecule has 3 nitrogen and oxygen atoms in total. The van der Waals surface area contributed by atoms with E-state index >= 15 is 0 Å². The summed E-state index contributed by atoms with van der Waals surface area (Å²) in [6.45, 7) is 1.68. The van der Waals surface area contributed by atoms with Gasteiger partial charge in [0, 0.05) is 5.56 Å². The van der Waals surface area contributed by atoms with Crippen LogP contribution in [0.2, 0.25) is 0 Å². The van der Waals surface area contributed by atoms with Gasteiger partial charge in [0.15, 0.2) is 11.6 Å². The first-order valence-electron chi connectivity index (χ1n) is 6.61. The number of hydrogen-bond acceptors (Lipinski definition) is 3. The van der Waals surface area contributed by atoms with Crippen LogP contribution in [-0.2, 0) is 6.42 Å². The predicted octanol–water partition coefficient (Wildman–Crippen LogP) is 3.03. The third-order valence-corrected chi connectivity index (χ3v) is 3.49. The van der Waals surface area contributed by atoms with Gasteiger partial charge in [-0.05, 0) is 30.5 Å². The fraction of sp³-hybridized carbons (Fsp3) is 0.250. The lowest BCUT2D eigenvalue weighted by atomic mass is 9.97. The molecule has 0 aromatic heterocycles. The molecule has 5 heteroatoms. The molecule has 0 saturated carbocycles. The van der Waals surface area contributed by atoms with E-state index in [2.05, 4.69) is 5.43 Å². The molecule has 0 saturated heterocycles. The molecular formula is C16H18F2N2O. The minimum absolute atomic E-state index is 0.160. The van der Waals surface area contributed by atoms with E-state index in [9.17, 15) is 8.78 Å². The lowest BCUT2D eigenvalue weighted by Crippen LogP contribution is -2.30. The number of rotatable bonds is 5. The van der Waals surface area contributed by atoms with Crippen molar-refractivity contribution in [3.05, 3.63) is 64.7 Å². The van der Waals surface area contributed by atoms with E-state index < -0.39 is 11.9 Å². The van der Waals surface area contributed by atoms with Crippen molar-refractivity contribution < 1.29 is 13.5 Å². The van der Waals surface area contributed by atoms with Gasteiger partial charge in [0.2, 0.25) is 0 Å². The van der Waals surface area contributed by atoms with Gasteiger partial charge in [0.05, 0.1) is 13.2 Å². The maximum absolute atomic E-state index is 14.2. The number of nitrogens with one attached hydrogen (secondary N) is 1. The number of hydrazine groups is 1. The van der Waals surface area contributed by atoms with Crippen molar-refractivity contribution in [3.8, 4) is 5.75 Å². The van der Waals surface area contributed by atoms with Crippen LogP contribution in [0.1, 0.15) is 22.7 Å². The SMILES string of the molecule is COc1cccc(CC(NN)c2cccc(C)c2F)c1F. The molecule has 2 rings (SSSR count). The number of ether oxygens (including phenoxy) is 1. The van der Waals surface area contributed by atoms with Crippen molar-refractivity contribution in [2.75, 3.05) is 7.11 Å². The maximum Gasteiger partial charge on any atom is 0.168 e. The van der Waals surface area contributed by atoms with Crippen molar-refractivity contribution >= 4 is 0 Å². The smallest absolute Gasteiger partial charge is 0.168 e. The van der Waals surface area contributed by atoms with Gasteiger partial charge in [0.1, 0.15) is 5.82 Å². The van der Waals surface area contributed by atoms with Crippen LogP contribution in [-0.4, -0.2) is 7.11 Å². The first-order chi connectivity index (χ1) is 10.1. The standard InChI is InChI=1S/C16H18F2N2O/c1-10-5-3-7-12(15(10)17)13(20-19)9-11-6-4-8-14(21-2)16(11)18/h3-8,13,20H,9,19H2,1-2H3. The van der Waals surface area contributed by atoms with Gasteiger partial charge in [0.25, 0.3) is 0 Å². The van der Waals surface area contributed by atoms with Gasteiger partial charge in [-0.25, -0.2) is 8.78 Å². The van der Waals surface area contributed by atoms with E-state index in [1.165, 1.54) is 13.2 Å². The fourth-order valence-electron chi connectivity index (χ4n) is 2.29. The molecule has 1 unspecified atom stereocenters. The van der Waals surface area contributed by atoms with Gasteiger partial charge in [-0.15, -0.1) is 0 Å². The average Bonchev–Trinajstić information content (AvgIpc) is 2.49. The molecule has 2 aromatic rings. The highest BCUT2D eigenvalue weighted by Crippen LogP contribution is 2.26. The van der Waals surface area contributed by atoms with Gasteiger partial charge < -0.3 is 4.74 Å². The summed E-state index contributed by atoms with van der Waals surface area (Å²) >= 11 is 0. The molecule has 0 radical (unpaired) electrons. The fourth-order valence-corrected chi connectivity index (χ4v) is 2.29. The second kappa shape index (κ2) is 6.65. The van der Waals surface area contributed by atoms with Crippen molar-refractivity contribution in [2.45, 2.75) is 19.4 Å². The topological polar surface area (TPSA) is 47.3 Å². The molecule has 2 aromatic carbocycles. The highest BCUT2D eigenvalue weighted by Gasteiger charge is 2.19. The molecule has 0 amide bonds. The van der Waals surface area contributed by atoms with Crippen LogP contribution >= 0.6 is 0 Å². The Morgan fingerprint density at radius 2 is 1.86 bits per heavy atom. The summed E-state index contributed by atoms with van der Waals surface area (Å²) in [6, 6.07) is 9.42. The summed E-state index contributed by atoms with van der Waals surface area (Å²) in [4.78, 5) is 0. The van der Waals surface area contributed by atoms with Crippen LogP contribution in [0.4, 0.5) is 8.78 Å². The van der Waals surface area contributed by atoms with Crippen LogP contribution in [0.25, 0.3) is 0 Å². The molecule has 0 aliphatic carbocycles. The lowest BCUT2D eigenvalue weighted by molar-refractivity contribution is 0.382. The first-order valence-corrected chi connectivity index (χ1v) is 6.61. The Morgan fingerprint density at radius 1 is 1.14 bits per heavy atom. The van der Waals surface area contributed by atoms with Crippen LogP contribution in [0.15, 0.2) is 36.4 Å². The predicted molar refractivity (Wildman–Crippen MR) is 77.9 cm³/mol. The van der Waals surface area contributed by atoms with E-state index in [1.54, 1.807) is 37.3 Å². The largest absolute Gasteiger partial charge is 0.494 e. The van der Waals surface area contributed by atoms with Crippen molar-refractivity contribution in [1.29, 1.82) is 0 Å². The second-order valence-electron chi connectivity index (χ2n) is 4.83. The third-order valence-electron chi connectivity index (χ3n) is 3.49. The zero-order chi connectivity index (χ0) is 15.4. The summed E-state index contributed by atoms with van der Waals surface area (Å²) < 4.78 is 33.3. The number of methoxy groups -OCH3 is 1. The third kappa shape index (κ3) is 3.20. The molecule has 112 valence electrons. The number of halogens is 2. The van der Waals surface area contributed by atoms with Gasteiger partial charge in [-0.1, -0.05) is 30.3 Å². The number of aryl methyl sites for hydroxylation is 1. The first kappa shape index (κ1) is 15.4. The number of nitrogens with two attached hydrogens (primary N) is 1. The van der Waals surface area contributed by atoms with E-state index in [-0.39, 0.29) is 18.0 Å². The van der Waals surface area contributed by atoms with Gasteiger partial charge >= 0.3 is 0 Å². The van der Waals surface area contributed by atoms with E-state index in [0.717, 1.165) is 0 Å². The summed E-state index contributed by atoms with van der Waals surface area (Å²) in [7, 11) is 1.40. The van der Waals surface area contributed by atoms with Crippen LogP contribution in [0.3, 0.4) is 0 Å². The molecule has 0 aliphatic rings. The molecule has 0 spiro atoms. The average molecular weight is 292 g/mol. The highest BCUT2D eigenvalue weighted by molar-refractivity contribution is 5.34. The molecular weight excluding hydrogens is 274 g/mol. The zero-order valence-corrected chi connectivity index (χ0v) is 12.0. The molecule has 0 aliphatic heterocycles. The monoisotopic (exact) mass is 292 g/mol. The summed E-state index contributed by atoms with van der Waals surface area (Å²) in [5.41, 5.74) is 3.91. The van der Waals surface area contributed by atoms with Gasteiger partial charge in [-0.2, -0.15) is 0 Å². The van der Waals surface area contributed by atoms with Crippen LogP contribution in [0.5, 0.6) is 5.75 Å². The van der Waals surface area contributed by atoms with Crippen molar-refractivity contribution in [3.63, 3.8) is 0 Å². The molecule has 0 heterocycles. The van der Waals surface area contributed by atoms with Crippen molar-refractivity contribution in [1.82, 2.24) is 5.43 Å². The van der Waals surface area contributed by atoms with Crippen LogP contribution in [0, 0.1) is 18.6 Å². The van der Waals surface area contributed by atoms with E-state index in [1.807, 2.05) is 0 Å². The highest BCUT2D eigenvalue weighted by atomic mass is 19.1. The summed E-state index contributed by atoms with van der Waals surface area (Å²) in [5, 5.41) is 0. The number of benzene rings is 2. The van der Waals surface area contributed by atoms with Crippen LogP contribution < -0.4 is 16.0 Å². The maximum atomic E-state index is 14.2. The summed E-state index contributed by atoms with van der Waals surface area (Å²) in [5.74, 6) is 4.90. The molecule has 21 heavy (non-hydrogen) atoms. The molecule has 1 atom stereocenters. The minimum Gasteiger partial charge on any atom is -0.494 e. The Bertz CT molecular complexity index is 632. The van der Waals surface area contributed by atoms with Crippen molar-refractivity contribution in [2.24, 2.45) is 5.84 Å². The van der Waals surface area contributed by atoms with E-state index in [4.69, 9.17) is 10.6 Å². The quantitative estimate of drug-likeness (QED) is 0.658. The normalized spacial score (nSPS) is 12.2. The Morgan fingerprint density at radius 3 is 2.52 bits per heavy atom. The molecule has 0 fully saturated rings. The Hall–Kier alpha value is -1.98. The lowest BCUT2D eigenvalue weighted by Gasteiger charge is -2.19. The zero-order valence-electron chi connectivity index (χ0n) is 12.0. The molecule has 3 N–H and O–H groups in total.